The molecule has 0 aliphatic carbocycles. The van der Waals surface area contributed by atoms with Crippen LogP contribution in [0.2, 0.25) is 0 Å². The first-order valence-corrected chi connectivity index (χ1v) is 7.08. The molecule has 2 rings (SSSR count). The Hall–Kier alpha value is -1.41. The van der Waals surface area contributed by atoms with Gasteiger partial charge in [0.2, 0.25) is 0 Å². The van der Waals surface area contributed by atoms with Gasteiger partial charge in [-0.25, -0.2) is 5.21 Å². The molecule has 1 amide bonds. The Bertz CT molecular complexity index is 439. The third kappa shape index (κ3) is 4.31. The SMILES string of the molecule is COC.O=CC1SCCN1C(=O)c1ccc([NH2+]O)cc1. The molecule has 0 radical (unpaired) electrons. The van der Waals surface area contributed by atoms with E-state index in [0.717, 1.165) is 17.5 Å². The smallest absolute Gasteiger partial charge is 0.255 e. The van der Waals surface area contributed by atoms with Crippen LogP contribution in [0.25, 0.3) is 0 Å². The van der Waals surface area contributed by atoms with Gasteiger partial charge in [0.05, 0.1) is 0 Å². The van der Waals surface area contributed by atoms with Gasteiger partial charge < -0.3 is 14.4 Å². The van der Waals surface area contributed by atoms with E-state index >= 15 is 0 Å². The van der Waals surface area contributed by atoms with Crippen LogP contribution in [0.4, 0.5) is 5.69 Å². The number of amides is 1. The Morgan fingerprint density at radius 2 is 2.05 bits per heavy atom. The Morgan fingerprint density at radius 3 is 2.55 bits per heavy atom. The molecule has 1 aliphatic heterocycles. The molecular formula is C13H19N2O4S+. The molecule has 0 bridgehead atoms. The molecule has 1 aromatic carbocycles. The minimum atomic E-state index is -0.369. The van der Waals surface area contributed by atoms with E-state index in [0.29, 0.717) is 17.8 Å². The molecule has 1 aromatic rings. The molecule has 1 saturated heterocycles. The number of aldehydes is 1. The van der Waals surface area contributed by atoms with Crippen molar-refractivity contribution in [2.24, 2.45) is 0 Å². The summed E-state index contributed by atoms with van der Waals surface area (Å²) in [4.78, 5) is 24.5. The minimum absolute atomic E-state index is 0.142. The molecule has 1 atom stereocenters. The van der Waals surface area contributed by atoms with Crippen molar-refractivity contribution in [3.63, 3.8) is 0 Å². The van der Waals surface area contributed by atoms with Crippen LogP contribution in [0.15, 0.2) is 24.3 Å². The zero-order valence-corrected chi connectivity index (χ0v) is 12.3. The van der Waals surface area contributed by atoms with Gasteiger partial charge in [0.25, 0.3) is 5.91 Å². The first kappa shape index (κ1) is 16.6. The summed E-state index contributed by atoms with van der Waals surface area (Å²) >= 11 is 1.47. The van der Waals surface area contributed by atoms with Crippen LogP contribution in [-0.2, 0) is 9.53 Å². The molecule has 0 aromatic heterocycles. The van der Waals surface area contributed by atoms with E-state index in [1.165, 1.54) is 11.8 Å². The second-order valence-corrected chi connectivity index (χ2v) is 5.28. The lowest BCUT2D eigenvalue weighted by Crippen LogP contribution is -2.73. The second-order valence-electron chi connectivity index (χ2n) is 4.06. The summed E-state index contributed by atoms with van der Waals surface area (Å²) in [5, 5.41) is 8.42. The number of nitrogens with two attached hydrogens (primary N) is 1. The van der Waals surface area contributed by atoms with Crippen molar-refractivity contribution < 1.29 is 25.0 Å². The Labute approximate surface area is 122 Å². The summed E-state index contributed by atoms with van der Waals surface area (Å²) in [5.74, 6) is 0.647. The monoisotopic (exact) mass is 299 g/mol. The van der Waals surface area contributed by atoms with E-state index in [9.17, 15) is 9.59 Å². The number of ether oxygens (including phenoxy) is 1. The largest absolute Gasteiger partial charge is 0.388 e. The fourth-order valence-electron chi connectivity index (χ4n) is 1.70. The zero-order valence-electron chi connectivity index (χ0n) is 11.5. The van der Waals surface area contributed by atoms with Gasteiger partial charge in [0.1, 0.15) is 5.37 Å². The molecule has 6 nitrogen and oxygen atoms in total. The van der Waals surface area contributed by atoms with Crippen molar-refractivity contribution in [3.05, 3.63) is 29.8 Å². The topological polar surface area (TPSA) is 83.5 Å². The molecular weight excluding hydrogens is 280 g/mol. The highest BCUT2D eigenvalue weighted by Gasteiger charge is 2.29. The van der Waals surface area contributed by atoms with Crippen LogP contribution in [0, 0.1) is 0 Å². The minimum Gasteiger partial charge on any atom is -0.388 e. The van der Waals surface area contributed by atoms with E-state index in [2.05, 4.69) is 4.74 Å². The maximum Gasteiger partial charge on any atom is 0.255 e. The van der Waals surface area contributed by atoms with Crippen molar-refractivity contribution in [1.82, 2.24) is 4.90 Å². The standard InChI is InChI=1S/C11H12N2O3S.C2H6O/c14-7-10-13(5-6-17-10)11(15)8-1-3-9(12-16)4-2-8;1-3-2/h1-4,7,10,12,16H,5-6H2;1-2H3/p+1. The predicted octanol–water partition coefficient (Wildman–Crippen LogP) is 0.247. The highest BCUT2D eigenvalue weighted by Crippen LogP contribution is 2.23. The van der Waals surface area contributed by atoms with Crippen molar-refractivity contribution in [1.29, 1.82) is 0 Å². The molecule has 1 fully saturated rings. The number of hydrogen-bond donors (Lipinski definition) is 2. The summed E-state index contributed by atoms with van der Waals surface area (Å²) in [5.41, 5.74) is 2.16. The van der Waals surface area contributed by atoms with Gasteiger partial charge in [0, 0.05) is 44.2 Å². The van der Waals surface area contributed by atoms with Gasteiger partial charge in [-0.1, -0.05) is 0 Å². The van der Waals surface area contributed by atoms with Crippen molar-refractivity contribution in [3.8, 4) is 0 Å². The summed E-state index contributed by atoms with van der Waals surface area (Å²) in [6, 6.07) is 6.61. The molecule has 3 N–H and O–H groups in total. The highest BCUT2D eigenvalue weighted by molar-refractivity contribution is 8.00. The number of methoxy groups -OCH3 is 1. The fraction of sp³-hybridized carbons (Fsp3) is 0.385. The van der Waals surface area contributed by atoms with Crippen molar-refractivity contribution in [2.75, 3.05) is 26.5 Å². The first-order valence-electron chi connectivity index (χ1n) is 6.03. The van der Waals surface area contributed by atoms with Crippen molar-refractivity contribution in [2.45, 2.75) is 5.37 Å². The average molecular weight is 299 g/mol. The van der Waals surface area contributed by atoms with Crippen LogP contribution < -0.4 is 5.48 Å². The lowest BCUT2D eigenvalue weighted by atomic mass is 10.2. The van der Waals surface area contributed by atoms with Gasteiger partial charge in [-0.05, 0) is 12.1 Å². The van der Waals surface area contributed by atoms with Crippen LogP contribution in [0.1, 0.15) is 10.4 Å². The average Bonchev–Trinajstić information content (AvgIpc) is 2.96. The summed E-state index contributed by atoms with van der Waals surface area (Å²) in [6.07, 6.45) is 0.797. The number of rotatable bonds is 3. The third-order valence-corrected chi connectivity index (χ3v) is 3.74. The van der Waals surface area contributed by atoms with Crippen molar-refractivity contribution >= 4 is 29.6 Å². The fourth-order valence-corrected chi connectivity index (χ4v) is 2.70. The lowest BCUT2D eigenvalue weighted by molar-refractivity contribution is -0.825. The Balaban J connectivity index is 0.000000612. The summed E-state index contributed by atoms with van der Waals surface area (Å²) in [7, 11) is 3.25. The van der Waals surface area contributed by atoms with Gasteiger partial charge in [-0.2, -0.15) is 5.48 Å². The van der Waals surface area contributed by atoms with Gasteiger partial charge in [-0.15, -0.1) is 11.8 Å². The number of nitrogens with zero attached hydrogens (tertiary/aromatic N) is 1. The van der Waals surface area contributed by atoms with E-state index in [4.69, 9.17) is 5.21 Å². The first-order chi connectivity index (χ1) is 9.67. The number of thioether (sulfide) groups is 1. The lowest BCUT2D eigenvalue weighted by Gasteiger charge is -2.19. The summed E-state index contributed by atoms with van der Waals surface area (Å²) < 4.78 is 4.25. The van der Waals surface area contributed by atoms with E-state index in [1.807, 2.05) is 0 Å². The number of benzene rings is 1. The van der Waals surface area contributed by atoms with Gasteiger partial charge in [-0.3, -0.25) is 4.79 Å². The third-order valence-electron chi connectivity index (χ3n) is 2.61. The summed E-state index contributed by atoms with van der Waals surface area (Å²) in [6.45, 7) is 0.598. The quantitative estimate of drug-likeness (QED) is 0.475. The van der Waals surface area contributed by atoms with E-state index in [1.54, 1.807) is 43.4 Å². The van der Waals surface area contributed by atoms with Crippen LogP contribution in [0.3, 0.4) is 0 Å². The normalized spacial score (nSPS) is 17.4. The number of carbonyl (C=O) groups is 2. The van der Waals surface area contributed by atoms with Gasteiger partial charge in [0.15, 0.2) is 12.0 Å². The zero-order chi connectivity index (χ0) is 15.0. The molecule has 110 valence electrons. The second kappa shape index (κ2) is 8.70. The number of quaternary nitrogens is 1. The molecule has 1 unspecified atom stereocenters. The maximum atomic E-state index is 12.1. The molecule has 1 heterocycles. The van der Waals surface area contributed by atoms with Crippen LogP contribution in [-0.4, -0.2) is 54.2 Å². The maximum absolute atomic E-state index is 12.1. The molecule has 7 heteroatoms. The predicted molar refractivity (Wildman–Crippen MR) is 76.1 cm³/mol. The van der Waals surface area contributed by atoms with Crippen LogP contribution >= 0.6 is 11.8 Å². The molecule has 1 aliphatic rings. The molecule has 20 heavy (non-hydrogen) atoms. The Morgan fingerprint density at radius 1 is 1.45 bits per heavy atom. The number of carbonyl (C=O) groups excluding carboxylic acids is 2. The highest BCUT2D eigenvalue weighted by atomic mass is 32.2. The number of hydrogen-bond acceptors (Lipinski definition) is 5. The van der Waals surface area contributed by atoms with Crippen LogP contribution in [0.5, 0.6) is 0 Å². The Kier molecular flexibility index (Phi) is 7.24. The molecule has 0 spiro atoms. The van der Waals surface area contributed by atoms with Gasteiger partial charge >= 0.3 is 0 Å². The van der Waals surface area contributed by atoms with E-state index in [-0.39, 0.29) is 11.3 Å². The van der Waals surface area contributed by atoms with E-state index < -0.39 is 0 Å². The molecule has 0 saturated carbocycles.